The van der Waals surface area contributed by atoms with Crippen LogP contribution in [0.3, 0.4) is 0 Å². The highest BCUT2D eigenvalue weighted by Gasteiger charge is 2.69. The van der Waals surface area contributed by atoms with E-state index in [2.05, 4.69) is 5.10 Å². The van der Waals surface area contributed by atoms with Gasteiger partial charge in [0.1, 0.15) is 5.75 Å². The number of hydrazone groups is 1. The van der Waals surface area contributed by atoms with Gasteiger partial charge in [0.25, 0.3) is 11.6 Å². The minimum atomic E-state index is -5.06. The minimum absolute atomic E-state index is 0.0290. The van der Waals surface area contributed by atoms with Crippen molar-refractivity contribution in [2.45, 2.75) is 58.9 Å². The largest absolute Gasteiger partial charge is 0.484 e. The Hall–Kier alpha value is -1.80. The molecule has 0 spiro atoms. The Morgan fingerprint density at radius 3 is 2.60 bits per heavy atom. The Morgan fingerprint density at radius 1 is 1.37 bits per heavy atom. The van der Waals surface area contributed by atoms with E-state index in [-0.39, 0.29) is 34.2 Å². The van der Waals surface area contributed by atoms with Crippen molar-refractivity contribution in [1.29, 1.82) is 0 Å². The predicted molar refractivity (Wildman–Crippen MR) is 107 cm³/mol. The van der Waals surface area contributed by atoms with Crippen LogP contribution in [0.5, 0.6) is 5.75 Å². The van der Waals surface area contributed by atoms with Crippen LogP contribution >= 0.6 is 11.6 Å². The van der Waals surface area contributed by atoms with Gasteiger partial charge in [0.15, 0.2) is 6.61 Å². The first-order valence-electron chi connectivity index (χ1n) is 9.83. The van der Waals surface area contributed by atoms with Crippen molar-refractivity contribution in [3.05, 3.63) is 28.8 Å². The number of amides is 1. The van der Waals surface area contributed by atoms with Gasteiger partial charge in [-0.25, -0.2) is 0 Å². The van der Waals surface area contributed by atoms with E-state index in [9.17, 15) is 23.1 Å². The summed E-state index contributed by atoms with van der Waals surface area (Å²) in [7, 11) is 0. The Labute approximate surface area is 178 Å². The first-order valence-corrected chi connectivity index (χ1v) is 10.2. The molecule has 1 aromatic carbocycles. The fraction of sp³-hybridized carbons (Fsp3) is 0.619. The van der Waals surface area contributed by atoms with Gasteiger partial charge in [0.2, 0.25) is 0 Å². The van der Waals surface area contributed by atoms with Gasteiger partial charge in [-0.3, -0.25) is 4.79 Å². The normalized spacial score (nSPS) is 27.0. The number of carbonyl (C=O) groups is 1. The summed E-state index contributed by atoms with van der Waals surface area (Å²) in [5.74, 6) is -2.08. The van der Waals surface area contributed by atoms with Gasteiger partial charge in [-0.15, -0.1) is 0 Å². The lowest BCUT2D eigenvalue weighted by Gasteiger charge is -2.42. The molecule has 1 fully saturated rings. The van der Waals surface area contributed by atoms with Crippen LogP contribution in [-0.2, 0) is 4.79 Å². The van der Waals surface area contributed by atoms with E-state index in [4.69, 9.17) is 16.3 Å². The molecule has 1 N–H and O–H groups in total. The van der Waals surface area contributed by atoms with E-state index < -0.39 is 30.3 Å². The summed E-state index contributed by atoms with van der Waals surface area (Å²) in [5, 5.41) is 15.4. The van der Waals surface area contributed by atoms with Gasteiger partial charge in [-0.05, 0) is 61.3 Å². The Balaban J connectivity index is 1.83. The standard InChI is InChI=1S/C21H26ClF3N2O3/c1-12-9-14(6-7-16(12)22)30-11-18(28)27-20(29,21(23,24)25)15-10-13(19(2,3)4)5-8-17(15)26-27/h6-7,9,13,15,29H,5,8,10-11H2,1-4H3/t13-,15+,20-/m0/s1. The molecule has 166 valence electrons. The van der Waals surface area contributed by atoms with Crippen LogP contribution in [0, 0.1) is 24.2 Å². The lowest BCUT2D eigenvalue weighted by molar-refractivity contribution is -0.318. The number of hydrogen-bond acceptors (Lipinski definition) is 4. The molecule has 0 aromatic heterocycles. The second kappa shape index (κ2) is 7.71. The molecule has 5 nitrogen and oxygen atoms in total. The van der Waals surface area contributed by atoms with Crippen LogP contribution in [0.15, 0.2) is 23.3 Å². The maximum atomic E-state index is 14.0. The Kier molecular flexibility index (Phi) is 5.88. The molecule has 9 heteroatoms. The van der Waals surface area contributed by atoms with Crippen LogP contribution in [0.2, 0.25) is 5.02 Å². The quantitative estimate of drug-likeness (QED) is 0.715. The zero-order valence-electron chi connectivity index (χ0n) is 17.4. The van der Waals surface area contributed by atoms with E-state index in [0.29, 0.717) is 23.4 Å². The summed E-state index contributed by atoms with van der Waals surface area (Å²) in [6.45, 7) is 6.94. The van der Waals surface area contributed by atoms with E-state index in [1.54, 1.807) is 19.1 Å². The zero-order chi connectivity index (χ0) is 22.5. The summed E-state index contributed by atoms with van der Waals surface area (Å²) in [4.78, 5) is 12.7. The van der Waals surface area contributed by atoms with E-state index in [1.807, 2.05) is 20.8 Å². The van der Waals surface area contributed by atoms with E-state index in [1.165, 1.54) is 6.07 Å². The average molecular weight is 447 g/mol. The number of fused-ring (bicyclic) bond motifs is 1. The monoisotopic (exact) mass is 446 g/mol. The fourth-order valence-corrected chi connectivity index (χ4v) is 4.28. The maximum absolute atomic E-state index is 14.0. The summed E-state index contributed by atoms with van der Waals surface area (Å²) < 4.78 is 47.5. The third kappa shape index (κ3) is 4.04. The lowest BCUT2D eigenvalue weighted by Crippen LogP contribution is -2.62. The highest BCUT2D eigenvalue weighted by Crippen LogP contribution is 2.51. The van der Waals surface area contributed by atoms with Crippen molar-refractivity contribution < 1.29 is 27.8 Å². The molecule has 0 unspecified atom stereocenters. The van der Waals surface area contributed by atoms with Gasteiger partial charge in [-0.1, -0.05) is 32.4 Å². The summed E-state index contributed by atoms with van der Waals surface area (Å²) >= 11 is 5.94. The number of carbonyl (C=O) groups excluding carboxylic acids is 1. The van der Waals surface area contributed by atoms with E-state index >= 15 is 0 Å². The zero-order valence-corrected chi connectivity index (χ0v) is 18.1. The van der Waals surface area contributed by atoms with Crippen molar-refractivity contribution in [2.24, 2.45) is 22.4 Å². The molecule has 0 radical (unpaired) electrons. The Morgan fingerprint density at radius 2 is 2.03 bits per heavy atom. The molecular formula is C21H26ClF3N2O3. The van der Waals surface area contributed by atoms with Crippen LogP contribution in [0.4, 0.5) is 13.2 Å². The molecule has 3 atom stereocenters. The SMILES string of the molecule is Cc1cc(OCC(=O)N2N=C3CC[C@H](C(C)(C)C)C[C@H]3[C@]2(O)C(F)(F)F)ccc1Cl. The first kappa shape index (κ1) is 22.9. The number of ether oxygens (including phenoxy) is 1. The molecule has 1 aliphatic carbocycles. The highest BCUT2D eigenvalue weighted by atomic mass is 35.5. The summed E-state index contributed by atoms with van der Waals surface area (Å²) in [5.41, 5.74) is -2.67. The van der Waals surface area contributed by atoms with Gasteiger partial charge in [-0.2, -0.15) is 23.3 Å². The van der Waals surface area contributed by atoms with Gasteiger partial charge in [0, 0.05) is 10.7 Å². The van der Waals surface area contributed by atoms with Gasteiger partial charge >= 0.3 is 6.18 Å². The number of nitrogens with zero attached hydrogens (tertiary/aromatic N) is 2. The lowest BCUT2D eigenvalue weighted by atomic mass is 9.66. The third-order valence-electron chi connectivity index (χ3n) is 6.08. The van der Waals surface area contributed by atoms with Crippen LogP contribution in [0.1, 0.15) is 45.6 Å². The highest BCUT2D eigenvalue weighted by molar-refractivity contribution is 6.31. The number of alkyl halides is 3. The smallest absolute Gasteiger partial charge is 0.439 e. The van der Waals surface area contributed by atoms with Crippen LogP contribution in [-0.4, -0.2) is 40.2 Å². The number of benzene rings is 1. The molecule has 2 aliphatic rings. The molecule has 1 amide bonds. The number of hydrogen-bond donors (Lipinski definition) is 1. The van der Waals surface area contributed by atoms with Crippen molar-refractivity contribution in [3.63, 3.8) is 0 Å². The molecule has 3 rings (SSSR count). The molecule has 0 bridgehead atoms. The Bertz CT molecular complexity index is 866. The summed E-state index contributed by atoms with van der Waals surface area (Å²) in [6.07, 6.45) is -3.98. The number of aliphatic hydroxyl groups is 1. The molecule has 1 saturated carbocycles. The van der Waals surface area contributed by atoms with Crippen molar-refractivity contribution >= 4 is 23.2 Å². The van der Waals surface area contributed by atoms with E-state index in [0.717, 1.165) is 0 Å². The fourth-order valence-electron chi connectivity index (χ4n) is 4.17. The maximum Gasteiger partial charge on any atom is 0.439 e. The van der Waals surface area contributed by atoms with Crippen molar-refractivity contribution in [3.8, 4) is 5.75 Å². The molecule has 1 aromatic rings. The predicted octanol–water partition coefficient (Wildman–Crippen LogP) is 4.94. The topological polar surface area (TPSA) is 62.1 Å². The molecule has 1 aliphatic heterocycles. The molecule has 30 heavy (non-hydrogen) atoms. The number of aryl methyl sites for hydroxylation is 1. The second-order valence-electron chi connectivity index (χ2n) is 9.11. The number of rotatable bonds is 3. The second-order valence-corrected chi connectivity index (χ2v) is 9.52. The first-order chi connectivity index (χ1) is 13.7. The number of halogens is 4. The van der Waals surface area contributed by atoms with Crippen molar-refractivity contribution in [2.75, 3.05) is 6.61 Å². The van der Waals surface area contributed by atoms with Crippen LogP contribution < -0.4 is 4.74 Å². The van der Waals surface area contributed by atoms with Gasteiger partial charge in [0.05, 0.1) is 5.92 Å². The third-order valence-corrected chi connectivity index (χ3v) is 6.50. The van der Waals surface area contributed by atoms with Crippen molar-refractivity contribution in [1.82, 2.24) is 5.01 Å². The van der Waals surface area contributed by atoms with Crippen LogP contribution in [0.25, 0.3) is 0 Å². The molecular weight excluding hydrogens is 421 g/mol. The average Bonchev–Trinajstić information content (AvgIpc) is 2.95. The minimum Gasteiger partial charge on any atom is -0.484 e. The molecule has 0 saturated heterocycles. The van der Waals surface area contributed by atoms with Gasteiger partial charge < -0.3 is 9.84 Å². The molecule has 1 heterocycles. The summed E-state index contributed by atoms with van der Waals surface area (Å²) in [6, 6.07) is 4.66.